The first-order valence-corrected chi connectivity index (χ1v) is 6.17. The zero-order valence-electron chi connectivity index (χ0n) is 10.2. The maximum absolute atomic E-state index is 11.9. The van der Waals surface area contributed by atoms with Gasteiger partial charge in [-0.15, -0.1) is 0 Å². The Labute approximate surface area is 102 Å². The largest absolute Gasteiger partial charge is 0.391 e. The second-order valence-corrected chi connectivity index (χ2v) is 4.71. The molecule has 1 amide bonds. The molecule has 1 aromatic carbocycles. The molecule has 0 aliphatic carbocycles. The number of carbonyl (C=O) groups is 1. The Morgan fingerprint density at radius 1 is 1.47 bits per heavy atom. The van der Waals surface area contributed by atoms with Gasteiger partial charge in [-0.25, -0.2) is 0 Å². The molecule has 0 spiro atoms. The number of nitrogens with zero attached hydrogens (tertiary/aromatic N) is 1. The standard InChI is InChI=1S/C14H19NO2/c1-11-4-2-3-5-12(11)6-7-14(17)15-9-8-13(16)10-15/h2-5,13,16H,6-10H2,1H3/t13-/m1/s1. The van der Waals surface area contributed by atoms with Crippen molar-refractivity contribution in [2.75, 3.05) is 13.1 Å². The van der Waals surface area contributed by atoms with Crippen LogP contribution in [0.15, 0.2) is 24.3 Å². The highest BCUT2D eigenvalue weighted by Crippen LogP contribution is 2.13. The predicted octanol–water partition coefficient (Wildman–Crippen LogP) is 1.52. The number of benzene rings is 1. The minimum absolute atomic E-state index is 0.157. The van der Waals surface area contributed by atoms with Crippen LogP contribution < -0.4 is 0 Å². The zero-order chi connectivity index (χ0) is 12.3. The average molecular weight is 233 g/mol. The van der Waals surface area contributed by atoms with Crippen molar-refractivity contribution in [3.8, 4) is 0 Å². The number of likely N-dealkylation sites (tertiary alicyclic amines) is 1. The number of aliphatic hydroxyl groups excluding tert-OH is 1. The molecule has 1 fully saturated rings. The molecule has 2 rings (SSSR count). The zero-order valence-corrected chi connectivity index (χ0v) is 10.2. The maximum Gasteiger partial charge on any atom is 0.222 e. The number of aryl methyl sites for hydroxylation is 2. The first-order chi connectivity index (χ1) is 8.16. The van der Waals surface area contributed by atoms with Gasteiger partial charge in [-0.2, -0.15) is 0 Å². The summed E-state index contributed by atoms with van der Waals surface area (Å²) < 4.78 is 0. The van der Waals surface area contributed by atoms with Gasteiger partial charge in [-0.05, 0) is 30.9 Å². The van der Waals surface area contributed by atoms with Crippen molar-refractivity contribution < 1.29 is 9.90 Å². The Bertz CT molecular complexity index is 403. The van der Waals surface area contributed by atoms with Gasteiger partial charge in [-0.3, -0.25) is 4.79 Å². The molecule has 0 aromatic heterocycles. The quantitative estimate of drug-likeness (QED) is 0.860. The van der Waals surface area contributed by atoms with E-state index in [1.54, 1.807) is 4.90 Å². The molecule has 1 aromatic rings. The molecule has 3 heteroatoms. The average Bonchev–Trinajstić information content (AvgIpc) is 2.74. The molecule has 0 bridgehead atoms. The third-order valence-electron chi connectivity index (χ3n) is 3.39. The van der Waals surface area contributed by atoms with Crippen molar-refractivity contribution in [1.82, 2.24) is 4.90 Å². The molecule has 1 atom stereocenters. The number of hydrogen-bond donors (Lipinski definition) is 1. The highest BCUT2D eigenvalue weighted by molar-refractivity contribution is 5.76. The molecule has 92 valence electrons. The Kier molecular flexibility index (Phi) is 3.79. The maximum atomic E-state index is 11.9. The third kappa shape index (κ3) is 3.07. The Balaban J connectivity index is 1.86. The number of aliphatic hydroxyl groups is 1. The van der Waals surface area contributed by atoms with Gasteiger partial charge in [0.2, 0.25) is 5.91 Å². The van der Waals surface area contributed by atoms with Crippen LogP contribution in [0.2, 0.25) is 0 Å². The summed E-state index contributed by atoms with van der Waals surface area (Å²) in [6, 6.07) is 8.16. The first-order valence-electron chi connectivity index (χ1n) is 6.17. The van der Waals surface area contributed by atoms with Crippen LogP contribution in [-0.2, 0) is 11.2 Å². The second-order valence-electron chi connectivity index (χ2n) is 4.71. The Morgan fingerprint density at radius 2 is 2.24 bits per heavy atom. The number of rotatable bonds is 3. The lowest BCUT2D eigenvalue weighted by molar-refractivity contribution is -0.130. The van der Waals surface area contributed by atoms with Crippen LogP contribution in [0.4, 0.5) is 0 Å². The minimum atomic E-state index is -0.322. The van der Waals surface area contributed by atoms with Crippen molar-refractivity contribution in [1.29, 1.82) is 0 Å². The molecule has 0 radical (unpaired) electrons. The second kappa shape index (κ2) is 5.32. The number of amides is 1. The fourth-order valence-corrected chi connectivity index (χ4v) is 2.26. The van der Waals surface area contributed by atoms with E-state index in [0.717, 1.165) is 12.8 Å². The lowest BCUT2D eigenvalue weighted by atomic mass is 10.0. The van der Waals surface area contributed by atoms with Crippen LogP contribution in [0.5, 0.6) is 0 Å². The van der Waals surface area contributed by atoms with E-state index in [0.29, 0.717) is 19.5 Å². The monoisotopic (exact) mass is 233 g/mol. The highest BCUT2D eigenvalue weighted by Gasteiger charge is 2.23. The van der Waals surface area contributed by atoms with Crippen molar-refractivity contribution in [2.45, 2.75) is 32.3 Å². The number of carbonyl (C=O) groups excluding carboxylic acids is 1. The van der Waals surface area contributed by atoms with Crippen LogP contribution in [0.3, 0.4) is 0 Å². The third-order valence-corrected chi connectivity index (χ3v) is 3.39. The van der Waals surface area contributed by atoms with E-state index in [4.69, 9.17) is 0 Å². The van der Waals surface area contributed by atoms with Crippen LogP contribution in [0.25, 0.3) is 0 Å². The topological polar surface area (TPSA) is 40.5 Å². The molecule has 3 nitrogen and oxygen atoms in total. The summed E-state index contributed by atoms with van der Waals surface area (Å²) in [5.41, 5.74) is 2.47. The lowest BCUT2D eigenvalue weighted by Crippen LogP contribution is -2.29. The van der Waals surface area contributed by atoms with Crippen LogP contribution in [0, 0.1) is 6.92 Å². The van der Waals surface area contributed by atoms with Crippen molar-refractivity contribution in [3.05, 3.63) is 35.4 Å². The minimum Gasteiger partial charge on any atom is -0.391 e. The summed E-state index contributed by atoms with van der Waals surface area (Å²) in [6.07, 6.45) is 1.73. The molecule has 0 unspecified atom stereocenters. The number of hydrogen-bond acceptors (Lipinski definition) is 2. The highest BCUT2D eigenvalue weighted by atomic mass is 16.3. The predicted molar refractivity (Wildman–Crippen MR) is 66.7 cm³/mol. The molecular formula is C14H19NO2. The van der Waals surface area contributed by atoms with Gasteiger partial charge < -0.3 is 10.0 Å². The van der Waals surface area contributed by atoms with Gasteiger partial charge in [0.15, 0.2) is 0 Å². The summed E-state index contributed by atoms with van der Waals surface area (Å²) >= 11 is 0. The molecular weight excluding hydrogens is 214 g/mol. The Hall–Kier alpha value is -1.35. The number of β-amino-alcohol motifs (C(OH)–C–C–N with tert-alkyl or cyclic N) is 1. The summed E-state index contributed by atoms with van der Waals surface area (Å²) in [5, 5.41) is 9.38. The molecule has 1 saturated heterocycles. The van der Waals surface area contributed by atoms with Gasteiger partial charge >= 0.3 is 0 Å². The fourth-order valence-electron chi connectivity index (χ4n) is 2.26. The van der Waals surface area contributed by atoms with E-state index in [2.05, 4.69) is 19.1 Å². The molecule has 17 heavy (non-hydrogen) atoms. The summed E-state index contributed by atoms with van der Waals surface area (Å²) in [6.45, 7) is 3.28. The lowest BCUT2D eigenvalue weighted by Gasteiger charge is -2.15. The van der Waals surface area contributed by atoms with E-state index in [-0.39, 0.29) is 12.0 Å². The van der Waals surface area contributed by atoms with Gasteiger partial charge in [0, 0.05) is 19.5 Å². The van der Waals surface area contributed by atoms with Crippen LogP contribution in [-0.4, -0.2) is 35.1 Å². The summed E-state index contributed by atoms with van der Waals surface area (Å²) in [5.74, 6) is 0.157. The first kappa shape index (κ1) is 12.1. The van der Waals surface area contributed by atoms with E-state index in [1.165, 1.54) is 11.1 Å². The van der Waals surface area contributed by atoms with Crippen molar-refractivity contribution in [2.24, 2.45) is 0 Å². The van der Waals surface area contributed by atoms with E-state index < -0.39 is 0 Å². The van der Waals surface area contributed by atoms with E-state index >= 15 is 0 Å². The van der Waals surface area contributed by atoms with Crippen molar-refractivity contribution >= 4 is 5.91 Å². The van der Waals surface area contributed by atoms with Gasteiger partial charge in [0.05, 0.1) is 6.10 Å². The van der Waals surface area contributed by atoms with Gasteiger partial charge in [0.25, 0.3) is 0 Å². The fraction of sp³-hybridized carbons (Fsp3) is 0.500. The molecule has 1 aliphatic heterocycles. The molecule has 1 aliphatic rings. The van der Waals surface area contributed by atoms with Crippen LogP contribution >= 0.6 is 0 Å². The van der Waals surface area contributed by atoms with Gasteiger partial charge in [-0.1, -0.05) is 24.3 Å². The van der Waals surface area contributed by atoms with E-state index in [9.17, 15) is 9.90 Å². The molecule has 0 saturated carbocycles. The normalized spacial score (nSPS) is 19.6. The Morgan fingerprint density at radius 3 is 2.88 bits per heavy atom. The smallest absolute Gasteiger partial charge is 0.222 e. The van der Waals surface area contributed by atoms with E-state index in [1.807, 2.05) is 12.1 Å². The van der Waals surface area contributed by atoms with Crippen LogP contribution in [0.1, 0.15) is 24.0 Å². The van der Waals surface area contributed by atoms with Crippen molar-refractivity contribution in [3.63, 3.8) is 0 Å². The summed E-state index contributed by atoms with van der Waals surface area (Å²) in [7, 11) is 0. The SMILES string of the molecule is Cc1ccccc1CCC(=O)N1CC[C@@H](O)C1. The summed E-state index contributed by atoms with van der Waals surface area (Å²) in [4.78, 5) is 13.7. The van der Waals surface area contributed by atoms with Gasteiger partial charge in [0.1, 0.15) is 0 Å². The molecule has 1 N–H and O–H groups in total. The molecule has 1 heterocycles.